The zero-order chi connectivity index (χ0) is 19.6. The largest absolute Gasteiger partial charge is 0.374 e. The van der Waals surface area contributed by atoms with E-state index in [4.69, 9.17) is 4.74 Å². The third-order valence-corrected chi connectivity index (χ3v) is 5.82. The van der Waals surface area contributed by atoms with Gasteiger partial charge in [0.25, 0.3) is 5.91 Å². The van der Waals surface area contributed by atoms with Crippen molar-refractivity contribution in [2.24, 2.45) is 0 Å². The van der Waals surface area contributed by atoms with Gasteiger partial charge in [-0.15, -0.1) is 5.10 Å². The number of fused-ring (bicyclic) bond motifs is 1. The number of ether oxygens (including phenoxy) is 1. The molecule has 2 atom stereocenters. The Bertz CT molecular complexity index is 928. The third kappa shape index (κ3) is 3.44. The van der Waals surface area contributed by atoms with Crippen molar-refractivity contribution in [3.8, 4) is 17.1 Å². The first kappa shape index (κ1) is 18.1. The SMILES string of the molecule is O=C(c1nc(-c2ccccc2)n(-c2ccccc2)n1)N1CCO[C@@H]2CCCC[C@H]21. The Labute approximate surface area is 170 Å². The second kappa shape index (κ2) is 7.79. The van der Waals surface area contributed by atoms with Crippen molar-refractivity contribution in [2.45, 2.75) is 37.8 Å². The van der Waals surface area contributed by atoms with E-state index >= 15 is 0 Å². The predicted molar refractivity (Wildman–Crippen MR) is 110 cm³/mol. The lowest BCUT2D eigenvalue weighted by molar-refractivity contribution is -0.0755. The molecule has 1 saturated carbocycles. The maximum Gasteiger partial charge on any atom is 0.293 e. The van der Waals surface area contributed by atoms with Crippen LogP contribution in [0.3, 0.4) is 0 Å². The van der Waals surface area contributed by atoms with E-state index < -0.39 is 0 Å². The molecule has 29 heavy (non-hydrogen) atoms. The van der Waals surface area contributed by atoms with Gasteiger partial charge in [-0.05, 0) is 25.0 Å². The number of carbonyl (C=O) groups is 1. The molecule has 0 N–H and O–H groups in total. The van der Waals surface area contributed by atoms with Crippen LogP contribution >= 0.6 is 0 Å². The summed E-state index contributed by atoms with van der Waals surface area (Å²) in [7, 11) is 0. The van der Waals surface area contributed by atoms with Crippen LogP contribution < -0.4 is 0 Å². The van der Waals surface area contributed by atoms with E-state index in [1.54, 1.807) is 4.68 Å². The van der Waals surface area contributed by atoms with Gasteiger partial charge in [0.1, 0.15) is 0 Å². The molecule has 0 bridgehead atoms. The fourth-order valence-corrected chi connectivity index (χ4v) is 4.40. The van der Waals surface area contributed by atoms with Crippen molar-refractivity contribution < 1.29 is 9.53 Å². The Morgan fingerprint density at radius 3 is 2.48 bits per heavy atom. The number of morpholine rings is 1. The number of hydrogen-bond acceptors (Lipinski definition) is 4. The van der Waals surface area contributed by atoms with Crippen LogP contribution in [0.4, 0.5) is 0 Å². The molecule has 0 radical (unpaired) electrons. The first-order chi connectivity index (χ1) is 14.3. The molecule has 1 aliphatic carbocycles. The highest BCUT2D eigenvalue weighted by Gasteiger charge is 2.38. The van der Waals surface area contributed by atoms with Crippen molar-refractivity contribution in [3.05, 3.63) is 66.5 Å². The molecule has 5 rings (SSSR count). The standard InChI is InChI=1S/C23H24N4O2/c28-23(26-15-16-29-20-14-8-7-13-19(20)26)21-24-22(17-9-3-1-4-10-17)27(25-21)18-11-5-2-6-12-18/h1-6,9-12,19-20H,7-8,13-16H2/t19-,20-/m1/s1. The minimum atomic E-state index is -0.0999. The van der Waals surface area contributed by atoms with Crippen molar-refractivity contribution in [1.82, 2.24) is 19.7 Å². The molecule has 6 nitrogen and oxygen atoms in total. The zero-order valence-electron chi connectivity index (χ0n) is 16.3. The van der Waals surface area contributed by atoms with Crippen molar-refractivity contribution >= 4 is 5.91 Å². The maximum atomic E-state index is 13.4. The van der Waals surface area contributed by atoms with Crippen LogP contribution in [0.2, 0.25) is 0 Å². The van der Waals surface area contributed by atoms with Crippen LogP contribution in [0, 0.1) is 0 Å². The minimum Gasteiger partial charge on any atom is -0.374 e. The fraction of sp³-hybridized carbons (Fsp3) is 0.348. The van der Waals surface area contributed by atoms with Crippen LogP contribution in [0.5, 0.6) is 0 Å². The molecule has 0 unspecified atom stereocenters. The number of aromatic nitrogens is 3. The summed E-state index contributed by atoms with van der Waals surface area (Å²) < 4.78 is 7.69. The van der Waals surface area contributed by atoms with E-state index in [0.29, 0.717) is 19.0 Å². The summed E-state index contributed by atoms with van der Waals surface area (Å²) in [5, 5.41) is 4.64. The number of para-hydroxylation sites is 1. The average Bonchev–Trinajstić information content (AvgIpc) is 3.25. The molecule has 2 aliphatic rings. The van der Waals surface area contributed by atoms with Crippen molar-refractivity contribution in [3.63, 3.8) is 0 Å². The summed E-state index contributed by atoms with van der Waals surface area (Å²) in [4.78, 5) is 20.0. The Morgan fingerprint density at radius 2 is 1.69 bits per heavy atom. The zero-order valence-corrected chi connectivity index (χ0v) is 16.3. The summed E-state index contributed by atoms with van der Waals surface area (Å²) in [6.45, 7) is 1.18. The number of rotatable bonds is 3. The Morgan fingerprint density at radius 1 is 0.966 bits per heavy atom. The lowest BCUT2D eigenvalue weighted by Crippen LogP contribution is -2.55. The summed E-state index contributed by atoms with van der Waals surface area (Å²) in [6, 6.07) is 19.8. The monoisotopic (exact) mass is 388 g/mol. The molecule has 6 heteroatoms. The molecule has 2 fully saturated rings. The van der Waals surface area contributed by atoms with Gasteiger partial charge in [0.05, 0.1) is 24.4 Å². The van der Waals surface area contributed by atoms with E-state index in [0.717, 1.165) is 30.5 Å². The van der Waals surface area contributed by atoms with Crippen LogP contribution in [0.25, 0.3) is 17.1 Å². The van der Waals surface area contributed by atoms with Crippen LogP contribution in [-0.4, -0.2) is 50.9 Å². The Balaban J connectivity index is 1.53. The van der Waals surface area contributed by atoms with Gasteiger partial charge in [0, 0.05) is 12.1 Å². The van der Waals surface area contributed by atoms with Gasteiger partial charge >= 0.3 is 0 Å². The molecule has 2 aromatic carbocycles. The molecule has 1 amide bonds. The second-order valence-corrected chi connectivity index (χ2v) is 7.63. The predicted octanol–water partition coefficient (Wildman–Crippen LogP) is 3.72. The smallest absolute Gasteiger partial charge is 0.293 e. The second-order valence-electron chi connectivity index (χ2n) is 7.63. The van der Waals surface area contributed by atoms with Crippen LogP contribution in [-0.2, 0) is 4.74 Å². The van der Waals surface area contributed by atoms with Gasteiger partial charge in [-0.3, -0.25) is 4.79 Å². The van der Waals surface area contributed by atoms with Crippen molar-refractivity contribution in [2.75, 3.05) is 13.2 Å². The lowest BCUT2D eigenvalue weighted by atomic mass is 9.90. The van der Waals surface area contributed by atoms with Gasteiger partial charge in [-0.2, -0.15) is 0 Å². The van der Waals surface area contributed by atoms with E-state index in [2.05, 4.69) is 10.1 Å². The third-order valence-electron chi connectivity index (χ3n) is 5.82. The first-order valence-electron chi connectivity index (χ1n) is 10.3. The summed E-state index contributed by atoms with van der Waals surface area (Å²) in [5.41, 5.74) is 1.82. The summed E-state index contributed by atoms with van der Waals surface area (Å²) in [5.74, 6) is 0.824. The van der Waals surface area contributed by atoms with E-state index in [9.17, 15) is 4.79 Å². The number of hydrogen-bond donors (Lipinski definition) is 0. The molecule has 2 heterocycles. The van der Waals surface area contributed by atoms with Crippen LogP contribution in [0.15, 0.2) is 60.7 Å². The topological polar surface area (TPSA) is 60.2 Å². The lowest BCUT2D eigenvalue weighted by Gasteiger charge is -2.43. The molecular formula is C23H24N4O2. The Kier molecular flexibility index (Phi) is 4.86. The highest BCUT2D eigenvalue weighted by atomic mass is 16.5. The number of carbonyl (C=O) groups excluding carboxylic acids is 1. The molecule has 1 aliphatic heterocycles. The highest BCUT2D eigenvalue weighted by molar-refractivity contribution is 5.91. The number of benzene rings is 2. The molecule has 3 aromatic rings. The number of amides is 1. The van der Waals surface area contributed by atoms with E-state index in [-0.39, 0.29) is 23.9 Å². The maximum absolute atomic E-state index is 13.4. The summed E-state index contributed by atoms with van der Waals surface area (Å²) in [6.07, 6.45) is 4.46. The minimum absolute atomic E-state index is 0.0999. The fourth-order valence-electron chi connectivity index (χ4n) is 4.40. The average molecular weight is 388 g/mol. The molecule has 1 saturated heterocycles. The summed E-state index contributed by atoms with van der Waals surface area (Å²) >= 11 is 0. The first-order valence-corrected chi connectivity index (χ1v) is 10.3. The molecule has 1 aromatic heterocycles. The molecule has 0 spiro atoms. The van der Waals surface area contributed by atoms with E-state index in [1.165, 1.54) is 6.42 Å². The van der Waals surface area contributed by atoms with E-state index in [1.807, 2.05) is 65.6 Å². The Hall–Kier alpha value is -2.99. The van der Waals surface area contributed by atoms with Gasteiger partial charge in [-0.25, -0.2) is 9.67 Å². The van der Waals surface area contributed by atoms with Gasteiger partial charge in [-0.1, -0.05) is 61.4 Å². The number of nitrogens with zero attached hydrogens (tertiary/aromatic N) is 4. The normalized spacial score (nSPS) is 21.6. The molecule has 148 valence electrons. The van der Waals surface area contributed by atoms with Gasteiger partial charge in [0.2, 0.25) is 5.82 Å². The highest BCUT2D eigenvalue weighted by Crippen LogP contribution is 2.30. The van der Waals surface area contributed by atoms with Gasteiger partial charge in [0.15, 0.2) is 5.82 Å². The van der Waals surface area contributed by atoms with Crippen LogP contribution in [0.1, 0.15) is 36.3 Å². The van der Waals surface area contributed by atoms with Gasteiger partial charge < -0.3 is 9.64 Å². The quantitative estimate of drug-likeness (QED) is 0.686. The molecular weight excluding hydrogens is 364 g/mol. The van der Waals surface area contributed by atoms with Crippen molar-refractivity contribution in [1.29, 1.82) is 0 Å².